The lowest BCUT2D eigenvalue weighted by atomic mass is 9.83. The third-order valence-corrected chi connectivity index (χ3v) is 5.85. The van der Waals surface area contributed by atoms with Crippen LogP contribution in [0.5, 0.6) is 0 Å². The van der Waals surface area contributed by atoms with Crippen molar-refractivity contribution in [2.24, 2.45) is 0 Å². The fourth-order valence-electron chi connectivity index (χ4n) is 3.85. The van der Waals surface area contributed by atoms with E-state index < -0.39 is 11.8 Å². The number of hydrogen-bond donors (Lipinski definition) is 0. The van der Waals surface area contributed by atoms with E-state index >= 15 is 0 Å². The summed E-state index contributed by atoms with van der Waals surface area (Å²) < 4.78 is 6.72. The van der Waals surface area contributed by atoms with Gasteiger partial charge in [0.15, 0.2) is 11.6 Å². The number of aryl methyl sites for hydroxylation is 1. The maximum Gasteiger partial charge on any atom is 0.340 e. The Morgan fingerprint density at radius 3 is 2.45 bits per heavy atom. The standard InChI is InChI=1S/C25H15ClN2O5/c1-13-6-9-19-27-14(10-20(29)28(19)11-13)12-33-25(32)18-8-7-17-21(22(18)26)24(31)16-5-3-2-4-15(16)23(17)30/h2-11H,12H2,1H3. The van der Waals surface area contributed by atoms with E-state index in [1.165, 1.54) is 22.6 Å². The van der Waals surface area contributed by atoms with Crippen molar-refractivity contribution in [1.82, 2.24) is 9.38 Å². The number of rotatable bonds is 3. The molecule has 1 aliphatic carbocycles. The first-order chi connectivity index (χ1) is 15.8. The molecule has 7 nitrogen and oxygen atoms in total. The number of ketones is 2. The minimum Gasteiger partial charge on any atom is -0.456 e. The Morgan fingerprint density at radius 2 is 1.70 bits per heavy atom. The third-order valence-electron chi connectivity index (χ3n) is 5.46. The summed E-state index contributed by atoms with van der Waals surface area (Å²) in [6.07, 6.45) is 1.67. The second-order valence-electron chi connectivity index (χ2n) is 7.65. The molecule has 0 saturated heterocycles. The molecule has 0 spiro atoms. The van der Waals surface area contributed by atoms with Gasteiger partial charge in [0.25, 0.3) is 5.56 Å². The Labute approximate surface area is 192 Å². The van der Waals surface area contributed by atoms with E-state index in [1.807, 2.05) is 13.0 Å². The van der Waals surface area contributed by atoms with Gasteiger partial charge in [0, 0.05) is 29.0 Å². The van der Waals surface area contributed by atoms with E-state index in [1.54, 1.807) is 36.5 Å². The van der Waals surface area contributed by atoms with Crippen molar-refractivity contribution in [3.63, 3.8) is 0 Å². The van der Waals surface area contributed by atoms with E-state index in [2.05, 4.69) is 4.98 Å². The molecule has 2 heterocycles. The molecule has 162 valence electrons. The molecule has 0 radical (unpaired) electrons. The first-order valence-corrected chi connectivity index (χ1v) is 10.4. The number of pyridine rings is 1. The van der Waals surface area contributed by atoms with Crippen molar-refractivity contribution in [2.75, 3.05) is 0 Å². The molecule has 4 aromatic rings. The number of aromatic nitrogens is 2. The van der Waals surface area contributed by atoms with Crippen molar-refractivity contribution in [3.05, 3.63) is 115 Å². The maximum atomic E-state index is 13.0. The van der Waals surface area contributed by atoms with Crippen molar-refractivity contribution in [3.8, 4) is 0 Å². The van der Waals surface area contributed by atoms with Gasteiger partial charge in [0.2, 0.25) is 0 Å². The van der Waals surface area contributed by atoms with Gasteiger partial charge in [0.1, 0.15) is 12.3 Å². The van der Waals surface area contributed by atoms with Gasteiger partial charge in [-0.2, -0.15) is 0 Å². The molecule has 0 unspecified atom stereocenters. The number of halogens is 1. The van der Waals surface area contributed by atoms with Crippen LogP contribution in [-0.2, 0) is 11.3 Å². The van der Waals surface area contributed by atoms with E-state index in [0.29, 0.717) is 11.2 Å². The lowest BCUT2D eigenvalue weighted by Crippen LogP contribution is -2.22. The zero-order valence-corrected chi connectivity index (χ0v) is 18.1. The molecule has 0 aliphatic heterocycles. The van der Waals surface area contributed by atoms with Crippen molar-refractivity contribution in [1.29, 1.82) is 0 Å². The molecule has 0 saturated carbocycles. The summed E-state index contributed by atoms with van der Waals surface area (Å²) in [5, 5.41) is -0.146. The number of fused-ring (bicyclic) bond motifs is 3. The molecule has 0 bridgehead atoms. The minimum atomic E-state index is -0.798. The van der Waals surface area contributed by atoms with Gasteiger partial charge in [-0.25, -0.2) is 9.78 Å². The predicted molar refractivity (Wildman–Crippen MR) is 120 cm³/mol. The summed E-state index contributed by atoms with van der Waals surface area (Å²) in [6.45, 7) is 1.60. The predicted octanol–water partition coefficient (Wildman–Crippen LogP) is 3.79. The highest BCUT2D eigenvalue weighted by molar-refractivity contribution is 6.41. The molecule has 0 atom stereocenters. The number of nitrogens with zero attached hydrogens (tertiary/aromatic N) is 2. The fraction of sp³-hybridized carbons (Fsp3) is 0.0800. The number of carbonyl (C=O) groups is 3. The normalized spacial score (nSPS) is 12.4. The molecule has 1 aliphatic rings. The Balaban J connectivity index is 1.44. The van der Waals surface area contributed by atoms with Gasteiger partial charge in [-0.05, 0) is 30.7 Å². The second-order valence-corrected chi connectivity index (χ2v) is 8.03. The Bertz CT molecular complexity index is 1570. The van der Waals surface area contributed by atoms with Gasteiger partial charge >= 0.3 is 5.97 Å². The van der Waals surface area contributed by atoms with Gasteiger partial charge < -0.3 is 4.74 Å². The average Bonchev–Trinajstić information content (AvgIpc) is 2.81. The molecular weight excluding hydrogens is 444 g/mol. The summed E-state index contributed by atoms with van der Waals surface area (Å²) >= 11 is 6.41. The molecule has 2 aromatic heterocycles. The number of ether oxygens (including phenoxy) is 1. The summed E-state index contributed by atoms with van der Waals surface area (Å²) in [4.78, 5) is 55.2. The largest absolute Gasteiger partial charge is 0.456 e. The van der Waals surface area contributed by atoms with Crippen LogP contribution in [0.4, 0.5) is 0 Å². The molecule has 5 rings (SSSR count). The van der Waals surface area contributed by atoms with Crippen LogP contribution < -0.4 is 5.56 Å². The van der Waals surface area contributed by atoms with Crippen LogP contribution in [0.2, 0.25) is 5.02 Å². The summed E-state index contributed by atoms with van der Waals surface area (Å²) in [7, 11) is 0. The number of carbonyl (C=O) groups excluding carboxylic acids is 3. The summed E-state index contributed by atoms with van der Waals surface area (Å²) in [5.41, 5.74) is 1.90. The number of benzene rings is 2. The molecule has 0 amide bonds. The van der Waals surface area contributed by atoms with Crippen molar-refractivity contribution >= 4 is 34.8 Å². The van der Waals surface area contributed by atoms with Crippen molar-refractivity contribution in [2.45, 2.75) is 13.5 Å². The lowest BCUT2D eigenvalue weighted by Gasteiger charge is -2.19. The van der Waals surface area contributed by atoms with Crippen LogP contribution in [0.25, 0.3) is 5.65 Å². The van der Waals surface area contributed by atoms with Crippen LogP contribution in [0.15, 0.2) is 65.6 Å². The molecule has 33 heavy (non-hydrogen) atoms. The zero-order valence-electron chi connectivity index (χ0n) is 17.3. The average molecular weight is 459 g/mol. The highest BCUT2D eigenvalue weighted by Gasteiger charge is 2.33. The Morgan fingerprint density at radius 1 is 0.970 bits per heavy atom. The van der Waals surface area contributed by atoms with Gasteiger partial charge in [-0.15, -0.1) is 0 Å². The first-order valence-electron chi connectivity index (χ1n) is 10.0. The van der Waals surface area contributed by atoms with Crippen LogP contribution in [0.3, 0.4) is 0 Å². The van der Waals surface area contributed by atoms with E-state index in [4.69, 9.17) is 16.3 Å². The van der Waals surface area contributed by atoms with Crippen LogP contribution in [0, 0.1) is 6.92 Å². The van der Waals surface area contributed by atoms with Gasteiger partial charge in [-0.3, -0.25) is 18.8 Å². The Hall–Kier alpha value is -4.10. The molecular formula is C25H15ClN2O5. The third kappa shape index (κ3) is 3.43. The highest BCUT2D eigenvalue weighted by atomic mass is 35.5. The van der Waals surface area contributed by atoms with Crippen LogP contribution >= 0.6 is 11.6 Å². The monoisotopic (exact) mass is 458 g/mol. The van der Waals surface area contributed by atoms with Gasteiger partial charge in [0.05, 0.1) is 21.8 Å². The lowest BCUT2D eigenvalue weighted by molar-refractivity contribution is 0.0467. The maximum absolute atomic E-state index is 13.0. The van der Waals surface area contributed by atoms with Gasteiger partial charge in [-0.1, -0.05) is 41.9 Å². The highest BCUT2D eigenvalue weighted by Crippen LogP contribution is 2.34. The first kappa shape index (κ1) is 20.8. The fourth-order valence-corrected chi connectivity index (χ4v) is 4.18. The van der Waals surface area contributed by atoms with Crippen LogP contribution in [0.1, 0.15) is 53.5 Å². The smallest absolute Gasteiger partial charge is 0.340 e. The molecule has 0 N–H and O–H groups in total. The molecule has 0 fully saturated rings. The van der Waals surface area contributed by atoms with E-state index in [-0.39, 0.29) is 50.9 Å². The quantitative estimate of drug-likeness (QED) is 0.382. The zero-order chi connectivity index (χ0) is 23.3. The van der Waals surface area contributed by atoms with Crippen LogP contribution in [-0.4, -0.2) is 26.9 Å². The van der Waals surface area contributed by atoms with E-state index in [9.17, 15) is 19.2 Å². The molecule has 8 heteroatoms. The SMILES string of the molecule is Cc1ccc2nc(COC(=O)c3ccc4c(c3Cl)C(=O)c3ccccc3C4=O)cc(=O)n2c1. The Kier molecular flexibility index (Phi) is 4.91. The second kappa shape index (κ2) is 7.79. The van der Waals surface area contributed by atoms with Crippen molar-refractivity contribution < 1.29 is 19.1 Å². The summed E-state index contributed by atoms with van der Waals surface area (Å²) in [6, 6.07) is 14.0. The van der Waals surface area contributed by atoms with E-state index in [0.717, 1.165) is 5.56 Å². The summed E-state index contributed by atoms with van der Waals surface area (Å²) in [5.74, 6) is -1.56. The number of esters is 1. The molecule has 2 aromatic carbocycles. The number of hydrogen-bond acceptors (Lipinski definition) is 6. The topological polar surface area (TPSA) is 94.8 Å². The minimum absolute atomic E-state index is 0.0211.